The Labute approximate surface area is 123 Å². The lowest BCUT2D eigenvalue weighted by Gasteiger charge is -2.11. The topological polar surface area (TPSA) is 148 Å². The maximum absolute atomic E-state index is 11.9. The van der Waals surface area contributed by atoms with E-state index < -0.39 is 6.10 Å². The zero-order valence-corrected chi connectivity index (χ0v) is 11.4. The van der Waals surface area contributed by atoms with Gasteiger partial charge in [-0.25, -0.2) is 0 Å². The quantitative estimate of drug-likeness (QED) is 0.388. The van der Waals surface area contributed by atoms with Gasteiger partial charge in [0, 0.05) is 12.6 Å². The summed E-state index contributed by atoms with van der Waals surface area (Å²) in [6.07, 6.45) is 0.761. The largest absolute Gasteiger partial charge is 0.504 e. The second-order valence-electron chi connectivity index (χ2n) is 4.96. The molecular weight excluding hydrogens is 288 g/mol. The highest BCUT2D eigenvalue weighted by atomic mass is 16.3. The fraction of sp³-hybridized carbons (Fsp3) is 0.143. The monoisotopic (exact) mass is 302 g/mol. The van der Waals surface area contributed by atoms with E-state index in [1.165, 1.54) is 18.2 Å². The van der Waals surface area contributed by atoms with Gasteiger partial charge in [0.25, 0.3) is 5.56 Å². The molecule has 8 nitrogen and oxygen atoms in total. The van der Waals surface area contributed by atoms with Gasteiger partial charge in [-0.1, -0.05) is 6.07 Å². The lowest BCUT2D eigenvalue weighted by Crippen LogP contribution is -2.12. The molecule has 3 aromatic rings. The third kappa shape index (κ3) is 2.35. The summed E-state index contributed by atoms with van der Waals surface area (Å²) >= 11 is 0. The molecule has 0 spiro atoms. The number of hydrogen-bond acceptors (Lipinski definition) is 6. The molecule has 0 amide bonds. The van der Waals surface area contributed by atoms with Crippen molar-refractivity contribution in [1.82, 2.24) is 15.0 Å². The number of nitrogens with zero attached hydrogens (tertiary/aromatic N) is 1. The molecular formula is C14H14N4O4. The van der Waals surface area contributed by atoms with Crippen LogP contribution in [0.15, 0.2) is 29.2 Å². The first kappa shape index (κ1) is 14.0. The minimum Gasteiger partial charge on any atom is -0.504 e. The first-order valence-electron chi connectivity index (χ1n) is 6.51. The Morgan fingerprint density at radius 1 is 1.27 bits per heavy atom. The van der Waals surface area contributed by atoms with E-state index in [1.807, 2.05) is 0 Å². The van der Waals surface area contributed by atoms with Gasteiger partial charge in [-0.05, 0) is 23.3 Å². The van der Waals surface area contributed by atoms with Crippen molar-refractivity contribution in [3.8, 4) is 11.5 Å². The van der Waals surface area contributed by atoms with Crippen LogP contribution in [0.3, 0.4) is 0 Å². The Hall–Kier alpha value is -3.00. The van der Waals surface area contributed by atoms with Gasteiger partial charge in [0.2, 0.25) is 5.95 Å². The lowest BCUT2D eigenvalue weighted by molar-refractivity contribution is 0.178. The van der Waals surface area contributed by atoms with Gasteiger partial charge in [-0.3, -0.25) is 9.78 Å². The van der Waals surface area contributed by atoms with E-state index in [0.717, 1.165) is 0 Å². The fourth-order valence-electron chi connectivity index (χ4n) is 2.36. The molecule has 1 atom stereocenters. The first-order chi connectivity index (χ1) is 10.5. The highest BCUT2D eigenvalue weighted by Crippen LogP contribution is 2.29. The maximum Gasteiger partial charge on any atom is 0.262 e. The van der Waals surface area contributed by atoms with E-state index in [4.69, 9.17) is 5.73 Å². The van der Waals surface area contributed by atoms with Gasteiger partial charge in [0.1, 0.15) is 5.65 Å². The second-order valence-corrected chi connectivity index (χ2v) is 4.96. The van der Waals surface area contributed by atoms with Gasteiger partial charge in [0.15, 0.2) is 11.5 Å². The number of rotatable bonds is 3. The Bertz CT molecular complexity index is 899. The van der Waals surface area contributed by atoms with Crippen molar-refractivity contribution in [2.24, 2.45) is 0 Å². The number of H-pyrrole nitrogens is 2. The number of phenolic OH excluding ortho intramolecular Hbond substituents is 2. The van der Waals surface area contributed by atoms with Gasteiger partial charge < -0.3 is 26.0 Å². The molecule has 0 aliphatic heterocycles. The van der Waals surface area contributed by atoms with Gasteiger partial charge in [-0.2, -0.15) is 4.98 Å². The number of anilines is 1. The number of aromatic nitrogens is 3. The van der Waals surface area contributed by atoms with Crippen LogP contribution in [-0.4, -0.2) is 30.3 Å². The SMILES string of the molecule is Nc1nc2[nH]cc(CC(O)c3ccc(O)c(O)c3)c2c(=O)[nH]1. The number of aromatic amines is 2. The van der Waals surface area contributed by atoms with E-state index in [1.54, 1.807) is 6.20 Å². The van der Waals surface area contributed by atoms with Gasteiger partial charge in [0.05, 0.1) is 11.5 Å². The summed E-state index contributed by atoms with van der Waals surface area (Å²) in [6, 6.07) is 4.06. The molecule has 2 heterocycles. The average molecular weight is 302 g/mol. The van der Waals surface area contributed by atoms with Gasteiger partial charge >= 0.3 is 0 Å². The molecule has 0 fully saturated rings. The molecule has 7 N–H and O–H groups in total. The third-order valence-electron chi connectivity index (χ3n) is 3.44. The van der Waals surface area contributed by atoms with Crippen LogP contribution >= 0.6 is 0 Å². The second kappa shape index (κ2) is 5.08. The highest BCUT2D eigenvalue weighted by Gasteiger charge is 2.16. The summed E-state index contributed by atoms with van der Waals surface area (Å²) in [5, 5.41) is 29.3. The molecule has 0 radical (unpaired) electrons. The number of aromatic hydroxyl groups is 2. The molecule has 8 heteroatoms. The number of aliphatic hydroxyl groups excluding tert-OH is 1. The summed E-state index contributed by atoms with van der Waals surface area (Å²) in [5.74, 6) is -0.572. The zero-order chi connectivity index (χ0) is 15.9. The van der Waals surface area contributed by atoms with Crippen LogP contribution in [0.5, 0.6) is 11.5 Å². The summed E-state index contributed by atoms with van der Waals surface area (Å²) in [5.41, 5.74) is 6.42. The molecule has 1 unspecified atom stereocenters. The average Bonchev–Trinajstić information content (AvgIpc) is 2.84. The standard InChI is InChI=1S/C14H14N4O4/c15-14-17-12-11(13(22)18-14)7(5-16-12)4-9(20)6-1-2-8(19)10(21)3-6/h1-3,5,9,19-21H,4H2,(H4,15,16,17,18,22). The van der Waals surface area contributed by atoms with E-state index in [0.29, 0.717) is 22.2 Å². The molecule has 0 aliphatic rings. The zero-order valence-electron chi connectivity index (χ0n) is 11.4. The number of aliphatic hydroxyl groups is 1. The van der Waals surface area contributed by atoms with Crippen molar-refractivity contribution < 1.29 is 15.3 Å². The number of benzene rings is 1. The van der Waals surface area contributed by atoms with E-state index in [2.05, 4.69) is 15.0 Å². The van der Waals surface area contributed by atoms with Crippen LogP contribution in [0, 0.1) is 0 Å². The Morgan fingerprint density at radius 3 is 2.77 bits per heavy atom. The summed E-state index contributed by atoms with van der Waals surface area (Å²) in [6.45, 7) is 0. The predicted molar refractivity (Wildman–Crippen MR) is 79.6 cm³/mol. The van der Waals surface area contributed by atoms with Crippen molar-refractivity contribution >= 4 is 17.0 Å². The molecule has 0 bridgehead atoms. The normalized spacial score (nSPS) is 12.6. The van der Waals surface area contributed by atoms with Crippen molar-refractivity contribution in [2.45, 2.75) is 12.5 Å². The number of hydrogen-bond donors (Lipinski definition) is 6. The van der Waals surface area contributed by atoms with Crippen LogP contribution < -0.4 is 11.3 Å². The Morgan fingerprint density at radius 2 is 2.05 bits per heavy atom. The number of nitrogen functional groups attached to an aromatic ring is 1. The number of nitrogens with two attached hydrogens (primary N) is 1. The van der Waals surface area contributed by atoms with Crippen LogP contribution in [-0.2, 0) is 6.42 Å². The van der Waals surface area contributed by atoms with E-state index >= 15 is 0 Å². The van der Waals surface area contributed by atoms with Crippen LogP contribution in [0.2, 0.25) is 0 Å². The van der Waals surface area contributed by atoms with E-state index in [9.17, 15) is 20.1 Å². The Balaban J connectivity index is 1.96. The van der Waals surface area contributed by atoms with Crippen molar-refractivity contribution in [1.29, 1.82) is 0 Å². The summed E-state index contributed by atoms with van der Waals surface area (Å²) in [4.78, 5) is 21.2. The number of nitrogens with one attached hydrogen (secondary N) is 2. The van der Waals surface area contributed by atoms with E-state index in [-0.39, 0.29) is 29.4 Å². The van der Waals surface area contributed by atoms with Crippen molar-refractivity contribution in [3.63, 3.8) is 0 Å². The van der Waals surface area contributed by atoms with Gasteiger partial charge in [-0.15, -0.1) is 0 Å². The van der Waals surface area contributed by atoms with Crippen LogP contribution in [0.4, 0.5) is 5.95 Å². The summed E-state index contributed by atoms with van der Waals surface area (Å²) < 4.78 is 0. The lowest BCUT2D eigenvalue weighted by atomic mass is 10.0. The highest BCUT2D eigenvalue weighted by molar-refractivity contribution is 5.79. The molecule has 0 aliphatic carbocycles. The minimum absolute atomic E-state index is 0.00917. The predicted octanol–water partition coefficient (Wildman–Crippen LogP) is 0.521. The van der Waals surface area contributed by atoms with Crippen LogP contribution in [0.25, 0.3) is 11.0 Å². The Kier molecular flexibility index (Phi) is 3.22. The third-order valence-corrected chi connectivity index (χ3v) is 3.44. The number of fused-ring (bicyclic) bond motifs is 1. The molecule has 22 heavy (non-hydrogen) atoms. The van der Waals surface area contributed by atoms with Crippen molar-refractivity contribution in [2.75, 3.05) is 5.73 Å². The van der Waals surface area contributed by atoms with Crippen molar-refractivity contribution in [3.05, 3.63) is 45.9 Å². The first-order valence-corrected chi connectivity index (χ1v) is 6.51. The fourth-order valence-corrected chi connectivity index (χ4v) is 2.36. The molecule has 0 saturated carbocycles. The minimum atomic E-state index is -0.956. The smallest absolute Gasteiger partial charge is 0.262 e. The maximum atomic E-state index is 11.9. The summed E-state index contributed by atoms with van der Waals surface area (Å²) in [7, 11) is 0. The number of phenols is 2. The molecule has 3 rings (SSSR count). The molecule has 0 saturated heterocycles. The molecule has 1 aromatic carbocycles. The molecule has 114 valence electrons. The molecule has 2 aromatic heterocycles. The van der Waals surface area contributed by atoms with Crippen LogP contribution in [0.1, 0.15) is 17.2 Å².